The van der Waals surface area contributed by atoms with Gasteiger partial charge in [0.05, 0.1) is 18.4 Å². The Balaban J connectivity index is 1.74. The van der Waals surface area contributed by atoms with E-state index in [1.165, 1.54) is 0 Å². The molecule has 0 saturated heterocycles. The number of carbonyl (C=O) groups excluding carboxylic acids is 1. The highest BCUT2D eigenvalue weighted by Crippen LogP contribution is 2.45. The maximum absolute atomic E-state index is 12.6. The van der Waals surface area contributed by atoms with Crippen molar-refractivity contribution in [1.29, 1.82) is 0 Å². The van der Waals surface area contributed by atoms with Crippen LogP contribution >= 0.6 is 0 Å². The summed E-state index contributed by atoms with van der Waals surface area (Å²) in [5.41, 5.74) is 0.660. The highest BCUT2D eigenvalue weighted by molar-refractivity contribution is 5.96. The van der Waals surface area contributed by atoms with Gasteiger partial charge >= 0.3 is 5.97 Å². The van der Waals surface area contributed by atoms with E-state index in [2.05, 4.69) is 5.32 Å². The summed E-state index contributed by atoms with van der Waals surface area (Å²) in [4.78, 5) is 24.2. The van der Waals surface area contributed by atoms with Crippen LogP contribution in [0.25, 0.3) is 0 Å². The van der Waals surface area contributed by atoms with Crippen molar-refractivity contribution >= 4 is 17.6 Å². The average molecular weight is 315 g/mol. The van der Waals surface area contributed by atoms with Crippen LogP contribution in [0.2, 0.25) is 0 Å². The first kappa shape index (κ1) is 15.6. The molecule has 1 aromatic rings. The summed E-state index contributed by atoms with van der Waals surface area (Å²) in [6.07, 6.45) is 5.71. The Morgan fingerprint density at radius 1 is 1.13 bits per heavy atom. The van der Waals surface area contributed by atoms with Crippen molar-refractivity contribution < 1.29 is 19.4 Å². The largest absolute Gasteiger partial charge is 0.494 e. The van der Waals surface area contributed by atoms with Gasteiger partial charge in [-0.3, -0.25) is 9.59 Å². The number of amides is 1. The second kappa shape index (κ2) is 6.44. The number of carboxylic acid groups (broad SMARTS) is 1. The Labute approximate surface area is 135 Å². The van der Waals surface area contributed by atoms with Gasteiger partial charge in [-0.15, -0.1) is 0 Å². The SMILES string of the molecule is CCOc1ccc(NC(=O)C2C3C=CC(CC3)C2C(=O)O)cc1. The van der Waals surface area contributed by atoms with Crippen molar-refractivity contribution in [3.63, 3.8) is 0 Å². The Hall–Kier alpha value is -2.30. The number of nitrogens with one attached hydrogen (secondary N) is 1. The zero-order valence-corrected chi connectivity index (χ0v) is 13.1. The van der Waals surface area contributed by atoms with Gasteiger partial charge in [-0.25, -0.2) is 0 Å². The normalized spacial score (nSPS) is 28.4. The van der Waals surface area contributed by atoms with Crippen molar-refractivity contribution in [2.75, 3.05) is 11.9 Å². The predicted octanol–water partition coefficient (Wildman–Crippen LogP) is 2.94. The van der Waals surface area contributed by atoms with Crippen LogP contribution in [0.5, 0.6) is 5.75 Å². The molecule has 1 saturated carbocycles. The van der Waals surface area contributed by atoms with E-state index in [-0.39, 0.29) is 17.7 Å². The topological polar surface area (TPSA) is 75.6 Å². The van der Waals surface area contributed by atoms with E-state index in [0.29, 0.717) is 12.3 Å². The van der Waals surface area contributed by atoms with Crippen molar-refractivity contribution in [2.45, 2.75) is 19.8 Å². The minimum absolute atomic E-state index is 0.0174. The molecule has 0 radical (unpaired) electrons. The van der Waals surface area contributed by atoms with Gasteiger partial charge < -0.3 is 15.2 Å². The highest BCUT2D eigenvalue weighted by atomic mass is 16.5. The molecule has 4 unspecified atom stereocenters. The number of fused-ring (bicyclic) bond motifs is 2. The molecule has 0 heterocycles. The van der Waals surface area contributed by atoms with Crippen molar-refractivity contribution in [3.8, 4) is 5.75 Å². The number of hydrogen-bond donors (Lipinski definition) is 2. The molecule has 1 amide bonds. The standard InChI is InChI=1S/C18H21NO4/c1-2-23-14-9-7-13(8-10-14)19-17(20)15-11-3-5-12(6-4-11)16(15)18(21)22/h3,5,7-12,15-16H,2,4,6H2,1H3,(H,19,20)(H,21,22). The molecule has 4 rings (SSSR count). The third kappa shape index (κ3) is 3.09. The third-order valence-electron chi connectivity index (χ3n) is 4.77. The number of allylic oxidation sites excluding steroid dienone is 2. The maximum atomic E-state index is 12.6. The Morgan fingerprint density at radius 2 is 1.74 bits per heavy atom. The smallest absolute Gasteiger partial charge is 0.307 e. The van der Waals surface area contributed by atoms with E-state index in [0.717, 1.165) is 18.6 Å². The van der Waals surface area contributed by atoms with Crippen molar-refractivity contribution in [1.82, 2.24) is 0 Å². The molecule has 2 N–H and O–H groups in total. The van der Waals surface area contributed by atoms with Crippen LogP contribution in [0.15, 0.2) is 36.4 Å². The lowest BCUT2D eigenvalue weighted by Crippen LogP contribution is -2.47. The fourth-order valence-electron chi connectivity index (χ4n) is 3.71. The first-order chi connectivity index (χ1) is 11.1. The molecule has 5 heteroatoms. The second-order valence-electron chi connectivity index (χ2n) is 6.13. The zero-order chi connectivity index (χ0) is 16.4. The van der Waals surface area contributed by atoms with Gasteiger partial charge in [0, 0.05) is 5.69 Å². The molecule has 4 atom stereocenters. The summed E-state index contributed by atoms with van der Waals surface area (Å²) in [7, 11) is 0. The molecule has 0 aromatic heterocycles. The Kier molecular flexibility index (Phi) is 4.37. The summed E-state index contributed by atoms with van der Waals surface area (Å²) in [6.45, 7) is 2.50. The minimum Gasteiger partial charge on any atom is -0.494 e. The summed E-state index contributed by atoms with van der Waals surface area (Å²) in [5.74, 6) is -1.48. The summed E-state index contributed by atoms with van der Waals surface area (Å²) < 4.78 is 5.37. The minimum atomic E-state index is -0.879. The first-order valence-corrected chi connectivity index (χ1v) is 8.05. The van der Waals surface area contributed by atoms with E-state index in [1.54, 1.807) is 24.3 Å². The van der Waals surface area contributed by atoms with Crippen LogP contribution in [0.3, 0.4) is 0 Å². The molecular formula is C18H21NO4. The van der Waals surface area contributed by atoms with E-state index in [4.69, 9.17) is 4.74 Å². The molecule has 23 heavy (non-hydrogen) atoms. The van der Waals surface area contributed by atoms with Gasteiger partial charge in [0.15, 0.2) is 0 Å². The molecule has 1 fully saturated rings. The number of carboxylic acids is 1. The van der Waals surface area contributed by atoms with Crippen molar-refractivity contribution in [2.24, 2.45) is 23.7 Å². The van der Waals surface area contributed by atoms with Crippen molar-refractivity contribution in [3.05, 3.63) is 36.4 Å². The van der Waals surface area contributed by atoms with Gasteiger partial charge in [0.25, 0.3) is 0 Å². The van der Waals surface area contributed by atoms with Gasteiger partial charge in [0.2, 0.25) is 5.91 Å². The van der Waals surface area contributed by atoms with E-state index >= 15 is 0 Å². The highest BCUT2D eigenvalue weighted by Gasteiger charge is 2.48. The lowest BCUT2D eigenvalue weighted by molar-refractivity contribution is -0.151. The molecule has 122 valence electrons. The van der Waals surface area contributed by atoms with Gasteiger partial charge in [-0.1, -0.05) is 12.2 Å². The molecule has 2 bridgehead atoms. The predicted molar refractivity (Wildman–Crippen MR) is 86.2 cm³/mol. The van der Waals surface area contributed by atoms with Crippen LogP contribution < -0.4 is 10.1 Å². The second-order valence-corrected chi connectivity index (χ2v) is 6.13. The number of hydrogen-bond acceptors (Lipinski definition) is 3. The van der Waals surface area contributed by atoms with Crippen LogP contribution in [0.4, 0.5) is 5.69 Å². The van der Waals surface area contributed by atoms with Crippen LogP contribution in [0, 0.1) is 23.7 Å². The first-order valence-electron chi connectivity index (χ1n) is 8.05. The van der Waals surface area contributed by atoms with Gasteiger partial charge in [-0.2, -0.15) is 0 Å². The maximum Gasteiger partial charge on any atom is 0.307 e. The summed E-state index contributed by atoms with van der Waals surface area (Å²) in [6, 6.07) is 7.13. The molecule has 3 aliphatic carbocycles. The number of carbonyl (C=O) groups is 2. The summed E-state index contributed by atoms with van der Waals surface area (Å²) in [5, 5.41) is 12.4. The van der Waals surface area contributed by atoms with Crippen LogP contribution in [-0.4, -0.2) is 23.6 Å². The third-order valence-corrected chi connectivity index (χ3v) is 4.77. The summed E-state index contributed by atoms with van der Waals surface area (Å²) >= 11 is 0. The lowest BCUT2D eigenvalue weighted by Gasteiger charge is -2.41. The monoisotopic (exact) mass is 315 g/mol. The molecule has 3 aliphatic rings. The molecule has 5 nitrogen and oxygen atoms in total. The fraction of sp³-hybridized carbons (Fsp3) is 0.444. The van der Waals surface area contributed by atoms with Crippen LogP contribution in [0.1, 0.15) is 19.8 Å². The van der Waals surface area contributed by atoms with E-state index < -0.39 is 17.8 Å². The quantitative estimate of drug-likeness (QED) is 0.819. The van der Waals surface area contributed by atoms with E-state index in [1.807, 2.05) is 19.1 Å². The zero-order valence-electron chi connectivity index (χ0n) is 13.1. The molecule has 0 aliphatic heterocycles. The number of benzene rings is 1. The van der Waals surface area contributed by atoms with E-state index in [9.17, 15) is 14.7 Å². The number of ether oxygens (including phenoxy) is 1. The fourth-order valence-corrected chi connectivity index (χ4v) is 3.71. The molecule has 1 aromatic carbocycles. The number of aliphatic carboxylic acids is 1. The van der Waals surface area contributed by atoms with Gasteiger partial charge in [0.1, 0.15) is 5.75 Å². The van der Waals surface area contributed by atoms with Gasteiger partial charge in [-0.05, 0) is 55.9 Å². The lowest BCUT2D eigenvalue weighted by atomic mass is 9.62. The van der Waals surface area contributed by atoms with Crippen LogP contribution in [-0.2, 0) is 9.59 Å². The molecule has 0 spiro atoms. The Bertz CT molecular complexity index is 622. The average Bonchev–Trinajstić information content (AvgIpc) is 2.57. The number of anilines is 1. The Morgan fingerprint density at radius 3 is 2.26 bits per heavy atom. The molecular weight excluding hydrogens is 294 g/mol. The number of rotatable bonds is 5.